The highest BCUT2D eigenvalue weighted by atomic mass is 35.5. The highest BCUT2D eigenvalue weighted by Gasteiger charge is 2.21. The van der Waals surface area contributed by atoms with E-state index in [-0.39, 0.29) is 15.5 Å². The molecule has 162 valence electrons. The van der Waals surface area contributed by atoms with Crippen molar-refractivity contribution in [3.63, 3.8) is 0 Å². The Bertz CT molecular complexity index is 1260. The van der Waals surface area contributed by atoms with Gasteiger partial charge in [-0.2, -0.15) is 0 Å². The van der Waals surface area contributed by atoms with Crippen LogP contribution in [0.15, 0.2) is 46.7 Å². The Morgan fingerprint density at radius 2 is 1.87 bits per heavy atom. The zero-order valence-electron chi connectivity index (χ0n) is 16.6. The molecule has 0 spiro atoms. The van der Waals surface area contributed by atoms with Gasteiger partial charge in [0.1, 0.15) is 13.2 Å². The average molecular weight is 480 g/mol. The maximum atomic E-state index is 12.7. The molecule has 1 aliphatic rings. The zero-order chi connectivity index (χ0) is 22.2. The molecule has 1 N–H and O–H groups in total. The Labute approximate surface area is 188 Å². The standard InChI is InChI=1S/C20H18ClN3O5S2/c1-24(2)31(26,27)13-4-5-15(21)14(10-13)19(25)23-20-22-16(11-30-20)12-3-6-17-18(9-12)29-8-7-28-17/h3-6,9-11H,7-8H2,1-2H3,(H,22,23,25). The van der Waals surface area contributed by atoms with E-state index in [0.29, 0.717) is 35.5 Å². The van der Waals surface area contributed by atoms with Crippen molar-refractivity contribution in [2.24, 2.45) is 0 Å². The number of aromatic nitrogens is 1. The minimum absolute atomic E-state index is 0.0249. The predicted molar refractivity (Wildman–Crippen MR) is 119 cm³/mol. The molecule has 0 radical (unpaired) electrons. The first-order chi connectivity index (χ1) is 14.8. The number of anilines is 1. The van der Waals surface area contributed by atoms with Crippen LogP contribution in [-0.2, 0) is 10.0 Å². The van der Waals surface area contributed by atoms with Gasteiger partial charge in [0.15, 0.2) is 16.6 Å². The van der Waals surface area contributed by atoms with Crippen LogP contribution >= 0.6 is 22.9 Å². The van der Waals surface area contributed by atoms with E-state index in [2.05, 4.69) is 10.3 Å². The summed E-state index contributed by atoms with van der Waals surface area (Å²) in [7, 11) is -0.872. The molecular formula is C20H18ClN3O5S2. The quantitative estimate of drug-likeness (QED) is 0.598. The number of fused-ring (bicyclic) bond motifs is 1. The number of rotatable bonds is 5. The van der Waals surface area contributed by atoms with Gasteiger partial charge < -0.3 is 9.47 Å². The van der Waals surface area contributed by atoms with Crippen molar-refractivity contribution in [3.8, 4) is 22.8 Å². The van der Waals surface area contributed by atoms with Crippen LogP contribution in [0.4, 0.5) is 5.13 Å². The fraction of sp³-hybridized carbons (Fsp3) is 0.200. The molecule has 31 heavy (non-hydrogen) atoms. The van der Waals surface area contributed by atoms with Gasteiger partial charge in [0, 0.05) is 25.0 Å². The monoisotopic (exact) mass is 479 g/mol. The van der Waals surface area contributed by atoms with Crippen LogP contribution in [0.1, 0.15) is 10.4 Å². The molecule has 0 atom stereocenters. The van der Waals surface area contributed by atoms with Crippen molar-refractivity contribution >= 4 is 44.0 Å². The number of benzene rings is 2. The fourth-order valence-corrected chi connectivity index (χ4v) is 4.73. The Balaban J connectivity index is 1.56. The minimum atomic E-state index is -3.70. The molecule has 2 heterocycles. The number of halogens is 1. The Morgan fingerprint density at radius 3 is 2.61 bits per heavy atom. The lowest BCUT2D eigenvalue weighted by Gasteiger charge is -2.18. The zero-order valence-corrected chi connectivity index (χ0v) is 19.0. The molecule has 0 unspecified atom stereocenters. The number of hydrogen-bond donors (Lipinski definition) is 1. The van der Waals surface area contributed by atoms with E-state index in [0.717, 1.165) is 9.87 Å². The second-order valence-corrected chi connectivity index (χ2v) is 10.2. The minimum Gasteiger partial charge on any atom is -0.486 e. The lowest BCUT2D eigenvalue weighted by Crippen LogP contribution is -2.23. The maximum absolute atomic E-state index is 12.7. The van der Waals surface area contributed by atoms with Crippen LogP contribution in [0.2, 0.25) is 5.02 Å². The second-order valence-electron chi connectivity index (χ2n) is 6.78. The highest BCUT2D eigenvalue weighted by molar-refractivity contribution is 7.89. The first-order valence-electron chi connectivity index (χ1n) is 9.14. The fourth-order valence-electron chi connectivity index (χ4n) is 2.88. The third-order valence-electron chi connectivity index (χ3n) is 4.52. The van der Waals surface area contributed by atoms with Crippen LogP contribution in [0.3, 0.4) is 0 Å². The molecule has 0 aliphatic carbocycles. The molecule has 0 saturated heterocycles. The summed E-state index contributed by atoms with van der Waals surface area (Å²) in [6.45, 7) is 0.997. The van der Waals surface area contributed by atoms with Gasteiger partial charge in [-0.05, 0) is 36.4 Å². The largest absolute Gasteiger partial charge is 0.486 e. The van der Waals surface area contributed by atoms with Crippen molar-refractivity contribution in [1.29, 1.82) is 0 Å². The molecule has 1 aliphatic heterocycles. The molecule has 2 aromatic carbocycles. The average Bonchev–Trinajstić information content (AvgIpc) is 3.21. The number of hydrogen-bond acceptors (Lipinski definition) is 7. The lowest BCUT2D eigenvalue weighted by atomic mass is 10.1. The third kappa shape index (κ3) is 4.38. The van der Waals surface area contributed by atoms with E-state index in [9.17, 15) is 13.2 Å². The molecule has 0 bridgehead atoms. The predicted octanol–water partition coefficient (Wildman–Crippen LogP) is 3.74. The lowest BCUT2D eigenvalue weighted by molar-refractivity contribution is 0.102. The van der Waals surface area contributed by atoms with Crippen molar-refractivity contribution in [2.75, 3.05) is 32.6 Å². The number of nitrogens with zero attached hydrogens (tertiary/aromatic N) is 2. The van der Waals surface area contributed by atoms with E-state index < -0.39 is 15.9 Å². The van der Waals surface area contributed by atoms with Gasteiger partial charge in [-0.15, -0.1) is 11.3 Å². The molecule has 0 saturated carbocycles. The van der Waals surface area contributed by atoms with E-state index >= 15 is 0 Å². The molecule has 1 aromatic heterocycles. The first-order valence-corrected chi connectivity index (χ1v) is 11.8. The number of carbonyl (C=O) groups excluding carboxylic acids is 1. The van der Waals surface area contributed by atoms with Crippen LogP contribution < -0.4 is 14.8 Å². The van der Waals surface area contributed by atoms with E-state index in [1.54, 1.807) is 5.38 Å². The number of sulfonamides is 1. The topological polar surface area (TPSA) is 97.8 Å². The van der Waals surface area contributed by atoms with Crippen molar-refractivity contribution in [3.05, 3.63) is 52.4 Å². The van der Waals surface area contributed by atoms with Crippen LogP contribution in [0.25, 0.3) is 11.3 Å². The summed E-state index contributed by atoms with van der Waals surface area (Å²) in [4.78, 5) is 17.2. The van der Waals surface area contributed by atoms with Gasteiger partial charge in [0.05, 0.1) is 21.2 Å². The van der Waals surface area contributed by atoms with Gasteiger partial charge in [0.25, 0.3) is 5.91 Å². The van der Waals surface area contributed by atoms with Gasteiger partial charge in [-0.1, -0.05) is 11.6 Å². The number of amides is 1. The normalized spacial score (nSPS) is 13.3. The Hall–Kier alpha value is -2.66. The Morgan fingerprint density at radius 1 is 1.13 bits per heavy atom. The summed E-state index contributed by atoms with van der Waals surface area (Å²) in [5.74, 6) is 0.776. The molecule has 1 amide bonds. The van der Waals surface area contributed by atoms with Crippen LogP contribution in [-0.4, -0.2) is 50.9 Å². The van der Waals surface area contributed by atoms with Crippen molar-refractivity contribution in [2.45, 2.75) is 4.90 Å². The number of ether oxygens (including phenoxy) is 2. The summed E-state index contributed by atoms with van der Waals surface area (Å²) in [6, 6.07) is 9.51. The van der Waals surface area contributed by atoms with Gasteiger partial charge in [0.2, 0.25) is 10.0 Å². The molecule has 11 heteroatoms. The Kier molecular flexibility index (Phi) is 5.89. The summed E-state index contributed by atoms with van der Waals surface area (Å²) in [5.41, 5.74) is 1.52. The van der Waals surface area contributed by atoms with Gasteiger partial charge in [-0.25, -0.2) is 17.7 Å². The first kappa shape index (κ1) is 21.6. The van der Waals surface area contributed by atoms with E-state index in [1.165, 1.54) is 43.6 Å². The van der Waals surface area contributed by atoms with Crippen molar-refractivity contribution < 1.29 is 22.7 Å². The smallest absolute Gasteiger partial charge is 0.259 e. The SMILES string of the molecule is CN(C)S(=O)(=O)c1ccc(Cl)c(C(=O)Nc2nc(-c3ccc4c(c3)OCCO4)cs2)c1. The third-order valence-corrected chi connectivity index (χ3v) is 7.42. The van der Waals surface area contributed by atoms with Gasteiger partial charge >= 0.3 is 0 Å². The van der Waals surface area contributed by atoms with Crippen LogP contribution in [0, 0.1) is 0 Å². The van der Waals surface area contributed by atoms with E-state index in [1.807, 2.05) is 18.2 Å². The molecule has 8 nitrogen and oxygen atoms in total. The van der Waals surface area contributed by atoms with Crippen molar-refractivity contribution in [1.82, 2.24) is 9.29 Å². The van der Waals surface area contributed by atoms with Gasteiger partial charge in [-0.3, -0.25) is 10.1 Å². The number of nitrogens with one attached hydrogen (secondary N) is 1. The van der Waals surface area contributed by atoms with Crippen LogP contribution in [0.5, 0.6) is 11.5 Å². The summed E-state index contributed by atoms with van der Waals surface area (Å²) in [5, 5.41) is 4.97. The summed E-state index contributed by atoms with van der Waals surface area (Å²) >= 11 is 7.38. The van der Waals surface area contributed by atoms with E-state index in [4.69, 9.17) is 21.1 Å². The molecule has 0 fully saturated rings. The summed E-state index contributed by atoms with van der Waals surface area (Å²) < 4.78 is 36.9. The molecule has 4 rings (SSSR count). The summed E-state index contributed by atoms with van der Waals surface area (Å²) in [6.07, 6.45) is 0. The maximum Gasteiger partial charge on any atom is 0.259 e. The highest BCUT2D eigenvalue weighted by Crippen LogP contribution is 2.35. The number of carbonyl (C=O) groups is 1. The number of thiazole rings is 1. The molecule has 3 aromatic rings. The second kappa shape index (κ2) is 8.46. The molecular weight excluding hydrogens is 462 g/mol.